The van der Waals surface area contributed by atoms with Crippen molar-refractivity contribution < 1.29 is 24.2 Å². The van der Waals surface area contributed by atoms with E-state index in [9.17, 15) is 19.8 Å². The van der Waals surface area contributed by atoms with Gasteiger partial charge in [0.05, 0.1) is 24.4 Å². The van der Waals surface area contributed by atoms with Crippen LogP contribution in [0.1, 0.15) is 22.9 Å². The first-order valence-electron chi connectivity index (χ1n) is 8.81. The number of benzene rings is 2. The fraction of sp³-hybridized carbons (Fsp3) is 0.0909. The second kappa shape index (κ2) is 7.48. The van der Waals surface area contributed by atoms with Gasteiger partial charge in [-0.25, -0.2) is 0 Å². The van der Waals surface area contributed by atoms with Gasteiger partial charge < -0.3 is 19.5 Å². The number of hydrogen-bond acceptors (Lipinski definition) is 5. The molecule has 0 radical (unpaired) electrons. The molecule has 0 unspecified atom stereocenters. The van der Waals surface area contributed by atoms with Gasteiger partial charge in [0.25, 0.3) is 11.7 Å². The van der Waals surface area contributed by atoms with Gasteiger partial charge in [-0.2, -0.15) is 0 Å². The Balaban J connectivity index is 1.87. The van der Waals surface area contributed by atoms with Crippen LogP contribution in [0, 0.1) is 0 Å². The summed E-state index contributed by atoms with van der Waals surface area (Å²) >= 11 is 5.91. The summed E-state index contributed by atoms with van der Waals surface area (Å²) in [7, 11) is 0. The Morgan fingerprint density at radius 3 is 2.48 bits per heavy atom. The molecule has 6 nitrogen and oxygen atoms in total. The lowest BCUT2D eigenvalue weighted by atomic mass is 9.95. The molecule has 29 heavy (non-hydrogen) atoms. The average molecular weight is 410 g/mol. The normalized spacial score (nSPS) is 18.4. The zero-order valence-electron chi connectivity index (χ0n) is 15.1. The Kier molecular flexibility index (Phi) is 4.86. The number of rotatable bonds is 4. The van der Waals surface area contributed by atoms with Gasteiger partial charge in [-0.1, -0.05) is 23.7 Å². The van der Waals surface area contributed by atoms with Crippen LogP contribution in [-0.2, 0) is 16.1 Å². The average Bonchev–Trinajstić information content (AvgIpc) is 3.30. The predicted octanol–water partition coefficient (Wildman–Crippen LogP) is 4.26. The number of aliphatic hydroxyl groups is 1. The maximum Gasteiger partial charge on any atom is 0.296 e. The highest BCUT2D eigenvalue weighted by molar-refractivity contribution is 6.46. The number of carbonyl (C=O) groups is 2. The molecular formula is C22H16ClNO5. The lowest BCUT2D eigenvalue weighted by Gasteiger charge is -2.24. The van der Waals surface area contributed by atoms with E-state index in [1.54, 1.807) is 48.5 Å². The van der Waals surface area contributed by atoms with Crippen LogP contribution >= 0.6 is 11.6 Å². The van der Waals surface area contributed by atoms with Crippen molar-refractivity contribution in [1.82, 2.24) is 4.90 Å². The molecule has 1 amide bonds. The van der Waals surface area contributed by atoms with E-state index in [0.29, 0.717) is 21.9 Å². The second-order valence-corrected chi connectivity index (χ2v) is 7.04. The standard InChI is InChI=1S/C22H16ClNO5/c23-15-8-6-13(7-9-15)20(26)18-19(14-3-1-4-16(25)11-14)24(22(28)21(18)27)12-17-5-2-10-29-17/h1-11,19,25-26H,12H2/b20-18+/t19-/m1/s1. The highest BCUT2D eigenvalue weighted by Crippen LogP contribution is 2.41. The largest absolute Gasteiger partial charge is 0.508 e. The number of aliphatic hydroxyl groups excluding tert-OH is 1. The molecule has 0 aliphatic carbocycles. The van der Waals surface area contributed by atoms with E-state index in [1.165, 1.54) is 23.3 Å². The molecule has 7 heteroatoms. The van der Waals surface area contributed by atoms with E-state index in [1.807, 2.05) is 0 Å². The highest BCUT2D eigenvalue weighted by Gasteiger charge is 2.46. The van der Waals surface area contributed by atoms with Crippen LogP contribution in [0.5, 0.6) is 5.75 Å². The predicted molar refractivity (Wildman–Crippen MR) is 106 cm³/mol. The van der Waals surface area contributed by atoms with Gasteiger partial charge in [0.15, 0.2) is 0 Å². The van der Waals surface area contributed by atoms with E-state index in [4.69, 9.17) is 16.0 Å². The molecule has 1 fully saturated rings. The molecule has 1 aliphatic rings. The first-order valence-corrected chi connectivity index (χ1v) is 9.19. The fourth-order valence-electron chi connectivity index (χ4n) is 3.42. The summed E-state index contributed by atoms with van der Waals surface area (Å²) in [4.78, 5) is 27.0. The molecule has 1 aromatic heterocycles. The molecule has 0 bridgehead atoms. The van der Waals surface area contributed by atoms with Gasteiger partial charge in [-0.05, 0) is 54.1 Å². The number of carbonyl (C=O) groups excluding carboxylic acids is 2. The zero-order chi connectivity index (χ0) is 20.5. The number of hydrogen-bond donors (Lipinski definition) is 2. The first kappa shape index (κ1) is 18.8. The minimum absolute atomic E-state index is 0.0161. The number of phenolic OH excluding ortho intramolecular Hbond substituents is 1. The molecule has 1 atom stereocenters. The van der Waals surface area contributed by atoms with Gasteiger partial charge in [0.2, 0.25) is 0 Å². The summed E-state index contributed by atoms with van der Waals surface area (Å²) in [6, 6.07) is 15.0. The summed E-state index contributed by atoms with van der Waals surface area (Å²) in [5.74, 6) is -1.40. The second-order valence-electron chi connectivity index (χ2n) is 6.61. The Bertz CT molecular complexity index is 1100. The molecule has 2 N–H and O–H groups in total. The molecule has 1 saturated heterocycles. The minimum Gasteiger partial charge on any atom is -0.508 e. The topological polar surface area (TPSA) is 91.0 Å². The van der Waals surface area contributed by atoms with Crippen LogP contribution in [0.4, 0.5) is 0 Å². The Morgan fingerprint density at radius 1 is 1.07 bits per heavy atom. The number of nitrogens with zero attached hydrogens (tertiary/aromatic N) is 1. The van der Waals surface area contributed by atoms with Crippen molar-refractivity contribution >= 4 is 29.1 Å². The smallest absolute Gasteiger partial charge is 0.296 e. The van der Waals surface area contributed by atoms with Gasteiger partial charge in [0.1, 0.15) is 17.3 Å². The van der Waals surface area contributed by atoms with Crippen LogP contribution in [0.3, 0.4) is 0 Å². The molecule has 1 aliphatic heterocycles. The fourth-order valence-corrected chi connectivity index (χ4v) is 3.54. The van der Waals surface area contributed by atoms with Crippen LogP contribution in [0.25, 0.3) is 5.76 Å². The van der Waals surface area contributed by atoms with Gasteiger partial charge in [-0.15, -0.1) is 0 Å². The molecule has 146 valence electrons. The molecule has 3 aromatic rings. The van der Waals surface area contributed by atoms with E-state index in [0.717, 1.165) is 0 Å². The number of aromatic hydroxyl groups is 1. The van der Waals surface area contributed by atoms with Crippen molar-refractivity contribution in [3.63, 3.8) is 0 Å². The Hall–Kier alpha value is -3.51. The quantitative estimate of drug-likeness (QED) is 0.381. The van der Waals surface area contributed by atoms with Crippen molar-refractivity contribution in [2.75, 3.05) is 0 Å². The summed E-state index contributed by atoms with van der Waals surface area (Å²) in [6.45, 7) is 0.0370. The van der Waals surface area contributed by atoms with Crippen LogP contribution in [0.2, 0.25) is 5.02 Å². The van der Waals surface area contributed by atoms with E-state index in [2.05, 4.69) is 0 Å². The third kappa shape index (κ3) is 3.50. The summed E-state index contributed by atoms with van der Waals surface area (Å²) in [5.41, 5.74) is 0.788. The van der Waals surface area contributed by atoms with E-state index < -0.39 is 17.7 Å². The van der Waals surface area contributed by atoms with Crippen molar-refractivity contribution in [2.24, 2.45) is 0 Å². The summed E-state index contributed by atoms with van der Waals surface area (Å²) in [6.07, 6.45) is 1.48. The maximum atomic E-state index is 12.9. The maximum absolute atomic E-state index is 12.9. The number of ketones is 1. The number of likely N-dealkylation sites (tertiary alicyclic amines) is 1. The number of halogens is 1. The van der Waals surface area contributed by atoms with E-state index in [-0.39, 0.29) is 23.6 Å². The minimum atomic E-state index is -0.886. The lowest BCUT2D eigenvalue weighted by Crippen LogP contribution is -2.29. The third-order valence-corrected chi connectivity index (χ3v) is 5.00. The van der Waals surface area contributed by atoms with Crippen LogP contribution in [0.15, 0.2) is 76.9 Å². The highest BCUT2D eigenvalue weighted by atomic mass is 35.5. The lowest BCUT2D eigenvalue weighted by molar-refractivity contribution is -0.140. The first-order chi connectivity index (χ1) is 14.0. The van der Waals surface area contributed by atoms with Crippen LogP contribution in [-0.4, -0.2) is 26.8 Å². The number of furan rings is 1. The molecule has 4 rings (SSSR count). The number of amides is 1. The SMILES string of the molecule is O=C1C(=O)N(Cc2ccco2)[C@H](c2cccc(O)c2)/C1=C(\O)c1ccc(Cl)cc1. The van der Waals surface area contributed by atoms with Gasteiger partial charge in [0, 0.05) is 10.6 Å². The van der Waals surface area contributed by atoms with Crippen molar-refractivity contribution in [1.29, 1.82) is 0 Å². The molecule has 2 aromatic carbocycles. The van der Waals surface area contributed by atoms with Crippen molar-refractivity contribution in [2.45, 2.75) is 12.6 Å². The Morgan fingerprint density at radius 2 is 1.83 bits per heavy atom. The van der Waals surface area contributed by atoms with Crippen LogP contribution < -0.4 is 0 Å². The van der Waals surface area contributed by atoms with Crippen molar-refractivity contribution in [3.8, 4) is 5.75 Å². The third-order valence-electron chi connectivity index (χ3n) is 4.75. The van der Waals surface area contributed by atoms with E-state index >= 15 is 0 Å². The molecule has 2 heterocycles. The van der Waals surface area contributed by atoms with Gasteiger partial charge in [-0.3, -0.25) is 9.59 Å². The van der Waals surface area contributed by atoms with Crippen molar-refractivity contribution in [3.05, 3.63) is 94.4 Å². The molecule has 0 saturated carbocycles. The summed E-state index contributed by atoms with van der Waals surface area (Å²) < 4.78 is 5.33. The Labute approximate surface area is 171 Å². The van der Waals surface area contributed by atoms with Gasteiger partial charge >= 0.3 is 0 Å². The number of phenols is 1. The summed E-state index contributed by atoms with van der Waals surface area (Å²) in [5, 5.41) is 21.3. The number of Topliss-reactive ketones (excluding diaryl/α,β-unsaturated/α-hetero) is 1. The monoisotopic (exact) mass is 409 g/mol. The zero-order valence-corrected chi connectivity index (χ0v) is 15.8. The molecule has 0 spiro atoms. The molecular weight excluding hydrogens is 394 g/mol.